The van der Waals surface area contributed by atoms with Crippen LogP contribution in [-0.2, 0) is 0 Å². The number of benzene rings is 2. The van der Waals surface area contributed by atoms with Gasteiger partial charge in [0.1, 0.15) is 0 Å². The second-order valence-corrected chi connectivity index (χ2v) is 5.28. The first-order valence-electron chi connectivity index (χ1n) is 7.41. The molecule has 0 amide bonds. The summed E-state index contributed by atoms with van der Waals surface area (Å²) in [6.07, 6.45) is 0. The van der Waals surface area contributed by atoms with Crippen molar-refractivity contribution in [3.63, 3.8) is 0 Å². The zero-order chi connectivity index (χ0) is 14.5. The molecule has 1 atom stereocenters. The number of ketones is 1. The lowest BCUT2D eigenvalue weighted by atomic mass is 9.94. The van der Waals surface area contributed by atoms with E-state index in [0.717, 1.165) is 36.0 Å². The minimum absolute atomic E-state index is 0.0284. The van der Waals surface area contributed by atoms with E-state index >= 15 is 0 Å². The summed E-state index contributed by atoms with van der Waals surface area (Å²) in [7, 11) is 0. The number of hydrogen-bond donors (Lipinski definition) is 0. The molecule has 2 heteroatoms. The topological polar surface area (TPSA) is 20.3 Å². The molecular formula is C18H23NO. The van der Waals surface area contributed by atoms with Crippen molar-refractivity contribution in [2.45, 2.75) is 20.8 Å². The number of nitrogens with zero attached hydrogens (tertiary/aromatic N) is 1. The number of fused-ring (bicyclic) bond motifs is 1. The minimum atomic E-state index is 0.0284. The molecule has 0 saturated heterocycles. The fourth-order valence-electron chi connectivity index (χ4n) is 2.66. The van der Waals surface area contributed by atoms with Crippen molar-refractivity contribution in [3.05, 3.63) is 48.0 Å². The van der Waals surface area contributed by atoms with Crippen molar-refractivity contribution in [3.8, 4) is 0 Å². The van der Waals surface area contributed by atoms with E-state index in [1.165, 1.54) is 0 Å². The molecule has 2 rings (SSSR count). The van der Waals surface area contributed by atoms with E-state index < -0.39 is 0 Å². The van der Waals surface area contributed by atoms with Crippen molar-refractivity contribution in [1.82, 2.24) is 4.90 Å². The van der Waals surface area contributed by atoms with Gasteiger partial charge in [0.2, 0.25) is 0 Å². The Morgan fingerprint density at radius 1 is 1.05 bits per heavy atom. The average Bonchev–Trinajstić information content (AvgIpc) is 2.51. The third-order valence-electron chi connectivity index (χ3n) is 3.93. The Morgan fingerprint density at radius 2 is 1.70 bits per heavy atom. The summed E-state index contributed by atoms with van der Waals surface area (Å²) in [5.41, 5.74) is 0.850. The lowest BCUT2D eigenvalue weighted by molar-refractivity contribution is 0.0900. The summed E-state index contributed by atoms with van der Waals surface area (Å²) in [5.74, 6) is 0.273. The molecule has 0 radical (unpaired) electrons. The summed E-state index contributed by atoms with van der Waals surface area (Å²) in [6, 6.07) is 14.1. The third kappa shape index (κ3) is 3.07. The standard InChI is InChI=1S/C18H23NO/c1-4-19(5-2)13-14(3)18(20)17-12-8-10-15-9-6-7-11-16(15)17/h6-12,14H,4-5,13H2,1-3H3. The van der Waals surface area contributed by atoms with Gasteiger partial charge in [-0.05, 0) is 23.9 Å². The highest BCUT2D eigenvalue weighted by atomic mass is 16.1. The first-order chi connectivity index (χ1) is 9.67. The van der Waals surface area contributed by atoms with Crippen molar-refractivity contribution < 1.29 is 4.79 Å². The highest BCUT2D eigenvalue weighted by Crippen LogP contribution is 2.21. The molecule has 0 heterocycles. The van der Waals surface area contributed by atoms with Crippen LogP contribution in [0.25, 0.3) is 10.8 Å². The number of carbonyl (C=O) groups is 1. The second kappa shape index (κ2) is 6.67. The Hall–Kier alpha value is -1.67. The van der Waals surface area contributed by atoms with Crippen LogP contribution in [0.2, 0.25) is 0 Å². The molecular weight excluding hydrogens is 246 g/mol. The molecule has 20 heavy (non-hydrogen) atoms. The monoisotopic (exact) mass is 269 g/mol. The molecule has 106 valence electrons. The lowest BCUT2D eigenvalue weighted by Gasteiger charge is -2.22. The predicted molar refractivity (Wildman–Crippen MR) is 85.2 cm³/mol. The molecule has 0 aliphatic rings. The van der Waals surface area contributed by atoms with Gasteiger partial charge in [-0.1, -0.05) is 63.2 Å². The normalized spacial score (nSPS) is 12.8. The molecule has 0 fully saturated rings. The molecule has 2 aromatic rings. The maximum Gasteiger partial charge on any atom is 0.167 e. The molecule has 0 bridgehead atoms. The molecule has 0 aromatic heterocycles. The van der Waals surface area contributed by atoms with Gasteiger partial charge >= 0.3 is 0 Å². The van der Waals surface area contributed by atoms with Crippen LogP contribution in [-0.4, -0.2) is 30.3 Å². The van der Waals surface area contributed by atoms with Gasteiger partial charge in [-0.3, -0.25) is 4.79 Å². The Kier molecular flexibility index (Phi) is 4.91. The molecule has 0 saturated carbocycles. The largest absolute Gasteiger partial charge is 0.303 e. The minimum Gasteiger partial charge on any atom is -0.303 e. The van der Waals surface area contributed by atoms with Crippen molar-refractivity contribution in [2.75, 3.05) is 19.6 Å². The summed E-state index contributed by atoms with van der Waals surface area (Å²) in [5, 5.41) is 2.19. The van der Waals surface area contributed by atoms with Crippen LogP contribution in [0.5, 0.6) is 0 Å². The van der Waals surface area contributed by atoms with E-state index in [1.54, 1.807) is 0 Å². The number of rotatable bonds is 6. The maximum absolute atomic E-state index is 12.7. The Morgan fingerprint density at radius 3 is 2.40 bits per heavy atom. The Balaban J connectivity index is 2.27. The highest BCUT2D eigenvalue weighted by molar-refractivity contribution is 6.09. The van der Waals surface area contributed by atoms with Gasteiger partial charge in [0, 0.05) is 18.0 Å². The van der Waals surface area contributed by atoms with Crippen LogP contribution in [0.15, 0.2) is 42.5 Å². The second-order valence-electron chi connectivity index (χ2n) is 5.28. The zero-order valence-corrected chi connectivity index (χ0v) is 12.6. The van der Waals surface area contributed by atoms with E-state index in [0.29, 0.717) is 0 Å². The van der Waals surface area contributed by atoms with E-state index in [1.807, 2.05) is 37.3 Å². The van der Waals surface area contributed by atoms with Crippen LogP contribution >= 0.6 is 0 Å². The molecule has 2 nitrogen and oxygen atoms in total. The number of hydrogen-bond acceptors (Lipinski definition) is 2. The van der Waals surface area contributed by atoms with Gasteiger partial charge < -0.3 is 4.90 Å². The smallest absolute Gasteiger partial charge is 0.167 e. The molecule has 2 aromatic carbocycles. The molecule has 1 unspecified atom stereocenters. The van der Waals surface area contributed by atoms with Crippen LogP contribution in [0.3, 0.4) is 0 Å². The molecule has 0 spiro atoms. The summed E-state index contributed by atoms with van der Waals surface area (Å²) in [6.45, 7) is 9.11. The van der Waals surface area contributed by atoms with Gasteiger partial charge in [0.05, 0.1) is 0 Å². The first-order valence-corrected chi connectivity index (χ1v) is 7.41. The fraction of sp³-hybridized carbons (Fsp3) is 0.389. The van der Waals surface area contributed by atoms with Gasteiger partial charge in [-0.2, -0.15) is 0 Å². The summed E-state index contributed by atoms with van der Waals surface area (Å²) in [4.78, 5) is 15.0. The van der Waals surface area contributed by atoms with Crippen LogP contribution in [0.4, 0.5) is 0 Å². The van der Waals surface area contributed by atoms with Crippen LogP contribution < -0.4 is 0 Å². The number of carbonyl (C=O) groups excluding carboxylic acids is 1. The Bertz CT molecular complexity index is 581. The SMILES string of the molecule is CCN(CC)CC(C)C(=O)c1cccc2ccccc12. The van der Waals surface area contributed by atoms with E-state index in [9.17, 15) is 4.79 Å². The Labute approximate surface area is 121 Å². The molecule has 0 N–H and O–H groups in total. The van der Waals surface area contributed by atoms with E-state index in [4.69, 9.17) is 0 Å². The zero-order valence-electron chi connectivity index (χ0n) is 12.6. The molecule has 0 aliphatic carbocycles. The average molecular weight is 269 g/mol. The maximum atomic E-state index is 12.7. The van der Waals surface area contributed by atoms with Crippen molar-refractivity contribution in [1.29, 1.82) is 0 Å². The predicted octanol–water partition coefficient (Wildman–Crippen LogP) is 4.00. The van der Waals surface area contributed by atoms with Crippen molar-refractivity contribution >= 4 is 16.6 Å². The highest BCUT2D eigenvalue weighted by Gasteiger charge is 2.19. The number of Topliss-reactive ketones (excluding diaryl/α,β-unsaturated/α-hetero) is 1. The third-order valence-corrected chi connectivity index (χ3v) is 3.93. The van der Waals surface area contributed by atoms with Gasteiger partial charge in [-0.25, -0.2) is 0 Å². The summed E-state index contributed by atoms with van der Waals surface area (Å²) < 4.78 is 0. The van der Waals surface area contributed by atoms with E-state index in [2.05, 4.69) is 30.9 Å². The van der Waals surface area contributed by atoms with Gasteiger partial charge in [0.25, 0.3) is 0 Å². The summed E-state index contributed by atoms with van der Waals surface area (Å²) >= 11 is 0. The van der Waals surface area contributed by atoms with Gasteiger partial charge in [0.15, 0.2) is 5.78 Å². The molecule has 0 aliphatic heterocycles. The first kappa shape index (κ1) is 14.7. The lowest BCUT2D eigenvalue weighted by Crippen LogP contribution is -2.31. The van der Waals surface area contributed by atoms with E-state index in [-0.39, 0.29) is 11.7 Å². The fourth-order valence-corrected chi connectivity index (χ4v) is 2.66. The van der Waals surface area contributed by atoms with Crippen molar-refractivity contribution in [2.24, 2.45) is 5.92 Å². The van der Waals surface area contributed by atoms with Gasteiger partial charge in [-0.15, -0.1) is 0 Å². The van der Waals surface area contributed by atoms with Crippen LogP contribution in [0, 0.1) is 5.92 Å². The quantitative estimate of drug-likeness (QED) is 0.739. The van der Waals surface area contributed by atoms with Crippen LogP contribution in [0.1, 0.15) is 31.1 Å².